The smallest absolute Gasteiger partial charge is 0.137 e. The molecule has 1 aliphatic rings. The van der Waals surface area contributed by atoms with Gasteiger partial charge in [0.2, 0.25) is 0 Å². The van der Waals surface area contributed by atoms with Crippen molar-refractivity contribution in [3.63, 3.8) is 0 Å². The summed E-state index contributed by atoms with van der Waals surface area (Å²) in [5, 5.41) is 8.24. The van der Waals surface area contributed by atoms with Gasteiger partial charge in [-0.25, -0.2) is 0 Å². The third kappa shape index (κ3) is 1.12. The zero-order valence-electron chi connectivity index (χ0n) is 6.22. The Balaban J connectivity index is 2.64. The molecule has 0 saturated carbocycles. The molecule has 2 rings (SSSR count). The van der Waals surface area contributed by atoms with Gasteiger partial charge in [0, 0.05) is 0 Å². The fourth-order valence-electron chi connectivity index (χ4n) is 1.50. The summed E-state index contributed by atoms with van der Waals surface area (Å²) < 4.78 is 0. The quantitative estimate of drug-likeness (QED) is 0.596. The summed E-state index contributed by atoms with van der Waals surface area (Å²) in [5.41, 5.74) is 1.83. The highest BCUT2D eigenvalue weighted by atomic mass is 35.5. The zero-order chi connectivity index (χ0) is 8.72. The molecule has 0 fully saturated rings. The minimum absolute atomic E-state index is 0.0273. The summed E-state index contributed by atoms with van der Waals surface area (Å²) in [4.78, 5) is 0. The molecular formula is C7H5BCl2N2. The van der Waals surface area contributed by atoms with Gasteiger partial charge in [-0.3, -0.25) is 0 Å². The van der Waals surface area contributed by atoms with E-state index in [-0.39, 0.29) is 5.82 Å². The van der Waals surface area contributed by atoms with E-state index in [0.717, 1.165) is 24.0 Å². The van der Waals surface area contributed by atoms with Crippen LogP contribution in [0.1, 0.15) is 23.4 Å². The number of aromatic nitrogens is 2. The average Bonchev–Trinajstić information content (AvgIpc) is 2.42. The molecule has 60 valence electrons. The van der Waals surface area contributed by atoms with Crippen molar-refractivity contribution < 1.29 is 0 Å². The Kier molecular flexibility index (Phi) is 2.01. The van der Waals surface area contributed by atoms with Crippen LogP contribution < -0.4 is 0 Å². The fourth-order valence-corrected chi connectivity index (χ4v) is 2.02. The highest BCUT2D eigenvalue weighted by Gasteiger charge is 2.24. The third-order valence-corrected chi connectivity index (χ3v) is 2.68. The van der Waals surface area contributed by atoms with Gasteiger partial charge < -0.3 is 0 Å². The molecule has 0 amide bonds. The normalized spacial score (nSPS) is 21.0. The van der Waals surface area contributed by atoms with Crippen molar-refractivity contribution in [3.05, 3.63) is 21.4 Å². The zero-order valence-corrected chi connectivity index (χ0v) is 7.73. The molecule has 0 aliphatic heterocycles. The Hall–Kier alpha value is -0.275. The molecule has 12 heavy (non-hydrogen) atoms. The van der Waals surface area contributed by atoms with Crippen LogP contribution in [-0.4, -0.2) is 18.0 Å². The van der Waals surface area contributed by atoms with Crippen LogP contribution in [0.4, 0.5) is 0 Å². The molecular weight excluding hydrogens is 194 g/mol. The van der Waals surface area contributed by atoms with E-state index in [0.29, 0.717) is 10.3 Å². The maximum absolute atomic E-state index is 5.82. The number of halogens is 2. The van der Waals surface area contributed by atoms with Crippen LogP contribution in [0.3, 0.4) is 0 Å². The van der Waals surface area contributed by atoms with Gasteiger partial charge >= 0.3 is 0 Å². The van der Waals surface area contributed by atoms with Gasteiger partial charge in [0.1, 0.15) is 0 Å². The van der Waals surface area contributed by atoms with Crippen molar-refractivity contribution in [2.24, 2.45) is 0 Å². The second kappa shape index (κ2) is 2.89. The summed E-state index contributed by atoms with van der Waals surface area (Å²) >= 11 is 11.6. The monoisotopic (exact) mass is 198 g/mol. The Labute approximate surface area is 81.7 Å². The van der Waals surface area contributed by atoms with Gasteiger partial charge in [-0.1, -0.05) is 29.6 Å². The highest BCUT2D eigenvalue weighted by molar-refractivity contribution is 6.33. The van der Waals surface area contributed by atoms with E-state index >= 15 is 0 Å². The molecule has 1 aliphatic carbocycles. The number of fused-ring (bicyclic) bond motifs is 1. The first-order valence-electron chi connectivity index (χ1n) is 3.66. The van der Waals surface area contributed by atoms with Gasteiger partial charge in [0.05, 0.1) is 7.85 Å². The van der Waals surface area contributed by atoms with Crippen molar-refractivity contribution in [1.29, 1.82) is 0 Å². The lowest BCUT2D eigenvalue weighted by Crippen LogP contribution is -1.97. The van der Waals surface area contributed by atoms with Crippen LogP contribution in [0, 0.1) is 0 Å². The van der Waals surface area contributed by atoms with Crippen molar-refractivity contribution in [1.82, 2.24) is 10.2 Å². The Bertz CT molecular complexity index is 329. The Morgan fingerprint density at radius 1 is 1.25 bits per heavy atom. The van der Waals surface area contributed by atoms with Gasteiger partial charge in [-0.2, -0.15) is 0 Å². The Morgan fingerprint density at radius 2 is 1.92 bits per heavy atom. The lowest BCUT2D eigenvalue weighted by molar-refractivity contribution is 0.879. The van der Waals surface area contributed by atoms with Crippen LogP contribution in [0.2, 0.25) is 10.3 Å². The minimum Gasteiger partial charge on any atom is -0.137 e. The second-order valence-corrected chi connectivity index (χ2v) is 3.54. The average molecular weight is 199 g/mol. The molecule has 1 aromatic heterocycles. The Morgan fingerprint density at radius 3 is 2.58 bits per heavy atom. The lowest BCUT2D eigenvalue weighted by atomic mass is 9.83. The van der Waals surface area contributed by atoms with Crippen molar-refractivity contribution >= 4 is 31.0 Å². The van der Waals surface area contributed by atoms with E-state index in [1.54, 1.807) is 0 Å². The fraction of sp³-hybridized carbons (Fsp3) is 0.429. The van der Waals surface area contributed by atoms with Gasteiger partial charge in [-0.15, -0.1) is 10.2 Å². The third-order valence-electron chi connectivity index (χ3n) is 2.10. The maximum Gasteiger partial charge on any atom is 0.155 e. The SMILES string of the molecule is [B]C1CCc2c(Cl)nnc(Cl)c21. The largest absolute Gasteiger partial charge is 0.155 e. The van der Waals surface area contributed by atoms with Crippen molar-refractivity contribution in [2.45, 2.75) is 18.7 Å². The molecule has 2 radical (unpaired) electrons. The molecule has 0 aromatic carbocycles. The molecule has 0 saturated heterocycles. The number of hydrogen-bond acceptors (Lipinski definition) is 2. The first kappa shape index (κ1) is 8.33. The van der Waals surface area contributed by atoms with E-state index in [1.807, 2.05) is 0 Å². The van der Waals surface area contributed by atoms with Gasteiger partial charge in [0.25, 0.3) is 0 Å². The van der Waals surface area contributed by atoms with Crippen molar-refractivity contribution in [3.8, 4) is 0 Å². The lowest BCUT2D eigenvalue weighted by Gasteiger charge is -2.05. The number of rotatable bonds is 0. The highest BCUT2D eigenvalue weighted by Crippen LogP contribution is 2.37. The molecule has 2 nitrogen and oxygen atoms in total. The topological polar surface area (TPSA) is 25.8 Å². The summed E-state index contributed by atoms with van der Waals surface area (Å²) in [6, 6.07) is 0. The van der Waals surface area contributed by atoms with Gasteiger partial charge in [0.15, 0.2) is 10.3 Å². The second-order valence-electron chi connectivity index (χ2n) is 2.82. The van der Waals surface area contributed by atoms with E-state index in [9.17, 15) is 0 Å². The molecule has 1 aromatic rings. The molecule has 5 heteroatoms. The maximum atomic E-state index is 5.82. The number of nitrogens with zero attached hydrogens (tertiary/aromatic N) is 2. The predicted octanol–water partition coefficient (Wildman–Crippen LogP) is 1.94. The molecule has 0 spiro atoms. The molecule has 0 bridgehead atoms. The van der Waals surface area contributed by atoms with E-state index in [2.05, 4.69) is 10.2 Å². The van der Waals surface area contributed by atoms with Gasteiger partial charge in [-0.05, 0) is 23.4 Å². The summed E-state index contributed by atoms with van der Waals surface area (Å²) in [6.45, 7) is 0. The van der Waals surface area contributed by atoms with E-state index < -0.39 is 0 Å². The number of hydrogen-bond donors (Lipinski definition) is 0. The van der Waals surface area contributed by atoms with Crippen LogP contribution >= 0.6 is 23.2 Å². The molecule has 1 atom stereocenters. The van der Waals surface area contributed by atoms with Crippen LogP contribution in [0.15, 0.2) is 0 Å². The summed E-state index contributed by atoms with van der Waals surface area (Å²) in [6.07, 6.45) is 1.73. The standard InChI is InChI=1S/C7H5BCl2N2/c8-4-2-1-3-5(4)7(10)12-11-6(3)9/h4H,1-2H2. The van der Waals surface area contributed by atoms with Crippen LogP contribution in [0.5, 0.6) is 0 Å². The first-order valence-corrected chi connectivity index (χ1v) is 4.41. The minimum atomic E-state index is -0.0273. The van der Waals surface area contributed by atoms with E-state index in [1.165, 1.54) is 0 Å². The van der Waals surface area contributed by atoms with Crippen LogP contribution in [0.25, 0.3) is 0 Å². The van der Waals surface area contributed by atoms with Crippen LogP contribution in [-0.2, 0) is 6.42 Å². The molecule has 0 N–H and O–H groups in total. The molecule has 1 heterocycles. The molecule has 1 unspecified atom stereocenters. The summed E-state index contributed by atoms with van der Waals surface area (Å²) in [7, 11) is 5.81. The van der Waals surface area contributed by atoms with Crippen molar-refractivity contribution in [2.75, 3.05) is 0 Å². The summed E-state index contributed by atoms with van der Waals surface area (Å²) in [5.74, 6) is -0.0273. The van der Waals surface area contributed by atoms with E-state index in [4.69, 9.17) is 31.0 Å². The first-order chi connectivity index (χ1) is 5.70. The predicted molar refractivity (Wildman–Crippen MR) is 48.9 cm³/mol.